The fourth-order valence-corrected chi connectivity index (χ4v) is 7.18. The summed E-state index contributed by atoms with van der Waals surface area (Å²) in [4.78, 5) is 24.4. The van der Waals surface area contributed by atoms with Gasteiger partial charge in [-0.15, -0.1) is 0 Å². The molecule has 0 bridgehead atoms. The van der Waals surface area contributed by atoms with E-state index in [1.807, 2.05) is 6.08 Å². The highest BCUT2D eigenvalue weighted by Crippen LogP contribution is 2.13. The largest absolute Gasteiger partial charge is 0.466 e. The van der Waals surface area contributed by atoms with Crippen molar-refractivity contribution in [3.8, 4) is 0 Å². The summed E-state index contributed by atoms with van der Waals surface area (Å²) in [7, 11) is 0. The Morgan fingerprint density at radius 2 is 0.862 bits per heavy atom. The van der Waals surface area contributed by atoms with E-state index in [-0.39, 0.29) is 18.5 Å². The second-order valence-corrected chi connectivity index (χ2v) is 16.8. The SMILES string of the molecule is CCCCCC/C=C\C/C=C\CCCCCCCC(=O)OCCCCCC/C=C\CCCCCCCCCC(=O)NC(CO)C(O)/C=C/CCCCCCCCCC. The van der Waals surface area contributed by atoms with Crippen molar-refractivity contribution in [2.75, 3.05) is 13.2 Å². The van der Waals surface area contributed by atoms with Crippen LogP contribution in [0.4, 0.5) is 0 Å². The van der Waals surface area contributed by atoms with Crippen LogP contribution in [0.5, 0.6) is 0 Å². The van der Waals surface area contributed by atoms with Gasteiger partial charge in [-0.05, 0) is 89.9 Å². The highest BCUT2D eigenvalue weighted by atomic mass is 16.5. The molecule has 2 atom stereocenters. The first-order valence-electron chi connectivity index (χ1n) is 24.9. The summed E-state index contributed by atoms with van der Waals surface area (Å²) in [5.41, 5.74) is 0. The van der Waals surface area contributed by atoms with Crippen LogP contribution < -0.4 is 5.32 Å². The van der Waals surface area contributed by atoms with Gasteiger partial charge in [-0.1, -0.05) is 191 Å². The Labute approximate surface area is 359 Å². The summed E-state index contributed by atoms with van der Waals surface area (Å²) in [6.07, 6.45) is 58.2. The third-order valence-corrected chi connectivity index (χ3v) is 11.1. The molecule has 0 aromatic carbocycles. The first kappa shape index (κ1) is 55.8. The maximum absolute atomic E-state index is 12.4. The van der Waals surface area contributed by atoms with E-state index in [9.17, 15) is 19.8 Å². The molecule has 0 radical (unpaired) electrons. The average molecular weight is 814 g/mol. The summed E-state index contributed by atoms with van der Waals surface area (Å²) in [5.74, 6) is -0.114. The van der Waals surface area contributed by atoms with E-state index in [1.54, 1.807) is 6.08 Å². The third kappa shape index (κ3) is 43.4. The molecule has 6 nitrogen and oxygen atoms in total. The lowest BCUT2D eigenvalue weighted by Gasteiger charge is -2.20. The molecule has 0 fully saturated rings. The molecule has 0 aliphatic heterocycles. The van der Waals surface area contributed by atoms with Crippen molar-refractivity contribution >= 4 is 11.9 Å². The van der Waals surface area contributed by atoms with Crippen LogP contribution in [0.2, 0.25) is 0 Å². The van der Waals surface area contributed by atoms with Crippen LogP contribution in [0, 0.1) is 0 Å². The number of aliphatic hydroxyl groups excluding tert-OH is 2. The van der Waals surface area contributed by atoms with Gasteiger partial charge in [0.15, 0.2) is 0 Å². The fourth-order valence-electron chi connectivity index (χ4n) is 7.18. The van der Waals surface area contributed by atoms with Crippen LogP contribution in [0.15, 0.2) is 48.6 Å². The highest BCUT2D eigenvalue weighted by molar-refractivity contribution is 5.76. The first-order valence-corrected chi connectivity index (χ1v) is 24.9. The molecule has 0 aliphatic rings. The summed E-state index contributed by atoms with van der Waals surface area (Å²) in [6.45, 7) is 4.81. The van der Waals surface area contributed by atoms with Crippen LogP contribution in [0.1, 0.15) is 245 Å². The molecule has 2 unspecified atom stereocenters. The lowest BCUT2D eigenvalue weighted by Crippen LogP contribution is -2.45. The lowest BCUT2D eigenvalue weighted by atomic mass is 10.1. The molecule has 338 valence electrons. The van der Waals surface area contributed by atoms with Gasteiger partial charge in [-0.3, -0.25) is 9.59 Å². The van der Waals surface area contributed by atoms with E-state index < -0.39 is 12.1 Å². The molecule has 1 amide bonds. The van der Waals surface area contributed by atoms with E-state index in [4.69, 9.17) is 4.74 Å². The number of aliphatic hydroxyl groups is 2. The highest BCUT2D eigenvalue weighted by Gasteiger charge is 2.18. The number of rotatable bonds is 45. The minimum absolute atomic E-state index is 0.0260. The molecule has 0 saturated carbocycles. The Hall–Kier alpha value is -2.18. The van der Waals surface area contributed by atoms with Crippen molar-refractivity contribution in [3.05, 3.63) is 48.6 Å². The minimum Gasteiger partial charge on any atom is -0.466 e. The van der Waals surface area contributed by atoms with E-state index in [2.05, 4.69) is 55.6 Å². The first-order chi connectivity index (χ1) is 28.5. The normalized spacial score (nSPS) is 13.1. The smallest absolute Gasteiger partial charge is 0.305 e. The van der Waals surface area contributed by atoms with Gasteiger partial charge in [0.1, 0.15) is 0 Å². The number of unbranched alkanes of at least 4 members (excludes halogenated alkanes) is 28. The van der Waals surface area contributed by atoms with E-state index in [1.165, 1.54) is 135 Å². The summed E-state index contributed by atoms with van der Waals surface area (Å²) in [5, 5.41) is 22.9. The van der Waals surface area contributed by atoms with Gasteiger partial charge in [0.25, 0.3) is 0 Å². The number of nitrogens with one attached hydrogen (secondary N) is 1. The van der Waals surface area contributed by atoms with Crippen molar-refractivity contribution in [1.82, 2.24) is 5.32 Å². The number of hydrogen-bond acceptors (Lipinski definition) is 5. The van der Waals surface area contributed by atoms with Crippen LogP contribution in [-0.2, 0) is 14.3 Å². The zero-order valence-corrected chi connectivity index (χ0v) is 38.3. The molecular formula is C52H95NO5. The standard InChI is InChI=1S/C52H95NO5/c1-3-5-7-9-11-13-15-16-17-20-23-26-30-34-38-42-46-52(57)58-47-43-39-35-31-27-24-21-18-19-22-25-29-33-37-41-45-51(56)53-49(48-54)50(55)44-40-36-32-28-14-12-10-8-6-4-2/h13,15,17,20-21,24,40,44,49-50,54-55H,3-12,14,16,18-19,22-23,25-39,41-43,45-48H2,1-2H3,(H,53,56)/b15-13-,20-17-,24-21-,44-40+. The Morgan fingerprint density at radius 1 is 0.483 bits per heavy atom. The van der Waals surface area contributed by atoms with Crippen LogP contribution in [0.25, 0.3) is 0 Å². The van der Waals surface area contributed by atoms with E-state index >= 15 is 0 Å². The number of carbonyl (C=O) groups excluding carboxylic acids is 2. The van der Waals surface area contributed by atoms with Crippen molar-refractivity contribution in [1.29, 1.82) is 0 Å². The fraction of sp³-hybridized carbons (Fsp3) is 0.808. The number of esters is 1. The molecule has 0 heterocycles. The van der Waals surface area contributed by atoms with E-state index in [0.717, 1.165) is 83.5 Å². The summed E-state index contributed by atoms with van der Waals surface area (Å²) in [6, 6.07) is -0.638. The zero-order chi connectivity index (χ0) is 42.3. The van der Waals surface area contributed by atoms with Gasteiger partial charge in [-0.25, -0.2) is 0 Å². The van der Waals surface area contributed by atoms with E-state index in [0.29, 0.717) is 19.4 Å². The third-order valence-electron chi connectivity index (χ3n) is 11.1. The quantitative estimate of drug-likeness (QED) is 0.0323. The van der Waals surface area contributed by atoms with Crippen molar-refractivity contribution < 1.29 is 24.5 Å². The Kier molecular flexibility index (Phi) is 45.7. The molecule has 0 saturated heterocycles. The van der Waals surface area contributed by atoms with Crippen LogP contribution in [-0.4, -0.2) is 47.4 Å². The predicted molar refractivity (Wildman–Crippen MR) is 250 cm³/mol. The molecule has 0 aromatic rings. The second kappa shape index (κ2) is 47.5. The van der Waals surface area contributed by atoms with Crippen LogP contribution >= 0.6 is 0 Å². The average Bonchev–Trinajstić information content (AvgIpc) is 3.22. The molecule has 0 aliphatic carbocycles. The second-order valence-electron chi connectivity index (χ2n) is 16.8. The van der Waals surface area contributed by atoms with Crippen molar-refractivity contribution in [2.24, 2.45) is 0 Å². The van der Waals surface area contributed by atoms with Gasteiger partial charge in [0.2, 0.25) is 5.91 Å². The van der Waals surface area contributed by atoms with Gasteiger partial charge in [0.05, 0.1) is 25.4 Å². The Morgan fingerprint density at radius 3 is 1.34 bits per heavy atom. The summed E-state index contributed by atoms with van der Waals surface area (Å²) < 4.78 is 5.45. The van der Waals surface area contributed by atoms with Gasteiger partial charge in [-0.2, -0.15) is 0 Å². The lowest BCUT2D eigenvalue weighted by molar-refractivity contribution is -0.143. The Balaban J connectivity index is 3.51. The molecule has 0 spiro atoms. The summed E-state index contributed by atoms with van der Waals surface area (Å²) >= 11 is 0. The molecule has 6 heteroatoms. The van der Waals surface area contributed by atoms with Gasteiger partial charge in [0, 0.05) is 12.8 Å². The molecule has 3 N–H and O–H groups in total. The zero-order valence-electron chi connectivity index (χ0n) is 38.3. The van der Waals surface area contributed by atoms with Crippen molar-refractivity contribution in [2.45, 2.75) is 257 Å². The maximum atomic E-state index is 12.4. The molecule has 0 rings (SSSR count). The Bertz CT molecular complexity index is 988. The topological polar surface area (TPSA) is 95.9 Å². The van der Waals surface area contributed by atoms with Gasteiger partial charge < -0.3 is 20.3 Å². The molecule has 58 heavy (non-hydrogen) atoms. The monoisotopic (exact) mass is 814 g/mol. The number of allylic oxidation sites excluding steroid dienone is 7. The number of amides is 1. The maximum Gasteiger partial charge on any atom is 0.305 e. The number of hydrogen-bond donors (Lipinski definition) is 3. The number of carbonyl (C=O) groups is 2. The molecule has 0 aromatic heterocycles. The molecular weight excluding hydrogens is 719 g/mol. The van der Waals surface area contributed by atoms with Crippen LogP contribution in [0.3, 0.4) is 0 Å². The minimum atomic E-state index is -0.853. The van der Waals surface area contributed by atoms with Crippen molar-refractivity contribution in [3.63, 3.8) is 0 Å². The van der Waals surface area contributed by atoms with Gasteiger partial charge >= 0.3 is 5.97 Å². The predicted octanol–water partition coefficient (Wildman–Crippen LogP) is 14.7. The number of ether oxygens (including phenoxy) is 1.